The van der Waals surface area contributed by atoms with Crippen molar-refractivity contribution in [3.05, 3.63) is 46.9 Å². The second kappa shape index (κ2) is 6.67. The number of aryl methyl sites for hydroxylation is 1. The number of carbonyl (C=O) groups excluding carboxylic acids is 1. The highest BCUT2D eigenvalue weighted by Crippen LogP contribution is 2.36. The monoisotopic (exact) mass is 377 g/mol. The molecule has 1 aliphatic rings. The number of phenols is 1. The van der Waals surface area contributed by atoms with Crippen LogP contribution < -0.4 is 11.5 Å². The molecule has 3 aromatic rings. The number of amides is 1. The Hall–Kier alpha value is -3.35. The van der Waals surface area contributed by atoms with Crippen LogP contribution >= 0.6 is 0 Å². The van der Waals surface area contributed by atoms with Crippen molar-refractivity contribution in [3.63, 3.8) is 0 Å². The number of phenolic OH excluding ortho intramolecular Hbond substituents is 1. The van der Waals surface area contributed by atoms with Crippen LogP contribution in [0.2, 0.25) is 0 Å². The number of nitrogens with zero attached hydrogens (tertiary/aromatic N) is 3. The molecular weight excluding hydrogens is 354 g/mol. The molecule has 0 saturated heterocycles. The molecule has 7 nitrogen and oxygen atoms in total. The lowest BCUT2D eigenvalue weighted by Crippen LogP contribution is -2.14. The Morgan fingerprint density at radius 1 is 1.25 bits per heavy atom. The average Bonchev–Trinajstić information content (AvgIpc) is 2.97. The number of rotatable bonds is 3. The normalized spacial score (nSPS) is 14.3. The molecular formula is C21H23N5O2. The van der Waals surface area contributed by atoms with Gasteiger partial charge in [0.1, 0.15) is 11.6 Å². The van der Waals surface area contributed by atoms with Gasteiger partial charge in [-0.25, -0.2) is 9.97 Å². The Labute approximate surface area is 162 Å². The fourth-order valence-corrected chi connectivity index (χ4v) is 3.93. The Kier molecular flexibility index (Phi) is 4.30. The zero-order chi connectivity index (χ0) is 20.0. The lowest BCUT2D eigenvalue weighted by atomic mass is 9.99. The van der Waals surface area contributed by atoms with Crippen LogP contribution in [0.5, 0.6) is 5.75 Å². The first-order chi connectivity index (χ1) is 13.4. The molecule has 0 aliphatic heterocycles. The zero-order valence-electron chi connectivity index (χ0n) is 16.0. The Balaban J connectivity index is 2.07. The largest absolute Gasteiger partial charge is 0.508 e. The second-order valence-corrected chi connectivity index (χ2v) is 7.24. The Morgan fingerprint density at radius 3 is 2.71 bits per heavy atom. The molecule has 7 heteroatoms. The summed E-state index contributed by atoms with van der Waals surface area (Å²) in [5.74, 6) is 0.345. The molecule has 4 rings (SSSR count). The number of benzene rings is 1. The predicted molar refractivity (Wildman–Crippen MR) is 109 cm³/mol. The van der Waals surface area contributed by atoms with E-state index in [9.17, 15) is 9.90 Å². The molecule has 1 aromatic carbocycles. The molecule has 5 N–H and O–H groups in total. The third-order valence-corrected chi connectivity index (χ3v) is 5.40. The Morgan fingerprint density at radius 2 is 2.04 bits per heavy atom. The summed E-state index contributed by atoms with van der Waals surface area (Å²) >= 11 is 0. The van der Waals surface area contributed by atoms with E-state index in [1.807, 2.05) is 6.92 Å². The van der Waals surface area contributed by atoms with Crippen molar-refractivity contribution in [1.29, 1.82) is 0 Å². The van der Waals surface area contributed by atoms with E-state index < -0.39 is 5.91 Å². The van der Waals surface area contributed by atoms with Crippen LogP contribution in [-0.2, 0) is 0 Å². The molecule has 0 fully saturated rings. The highest BCUT2D eigenvalue weighted by molar-refractivity contribution is 6.10. The number of anilines is 1. The molecule has 0 saturated carbocycles. The van der Waals surface area contributed by atoms with Crippen LogP contribution in [-0.4, -0.2) is 25.5 Å². The number of hydrogen-bond donors (Lipinski definition) is 3. The predicted octanol–water partition coefficient (Wildman–Crippen LogP) is 3.38. The van der Waals surface area contributed by atoms with Gasteiger partial charge in [-0.1, -0.05) is 12.1 Å². The number of allylic oxidation sites excluding steroid dienone is 2. The molecule has 0 bridgehead atoms. The summed E-state index contributed by atoms with van der Waals surface area (Å²) in [6.07, 6.45) is 8.00. The van der Waals surface area contributed by atoms with Crippen LogP contribution in [0.15, 0.2) is 24.4 Å². The number of nitrogens with two attached hydrogens (primary N) is 2. The van der Waals surface area contributed by atoms with Crippen LogP contribution in [0.3, 0.4) is 0 Å². The molecule has 0 atom stereocenters. The van der Waals surface area contributed by atoms with E-state index in [4.69, 9.17) is 16.5 Å². The number of nitrogen functional groups attached to an aromatic ring is 1. The van der Waals surface area contributed by atoms with Crippen LogP contribution in [0.1, 0.15) is 53.0 Å². The van der Waals surface area contributed by atoms with Gasteiger partial charge in [0.05, 0.1) is 16.6 Å². The standard InChI is InChI=1S/C21H23N5O2/c1-11-8-9-15(27)12(2)17(11)26-18(22)16(19(23)28)14-10-24-20(25-21(14)26)13-6-4-3-5-7-13/h6,8-10,27H,3-5,7,22H2,1-2H3,(H2,23,28). The van der Waals surface area contributed by atoms with Gasteiger partial charge < -0.3 is 16.6 Å². The maximum absolute atomic E-state index is 12.1. The minimum absolute atomic E-state index is 0.145. The summed E-state index contributed by atoms with van der Waals surface area (Å²) in [6, 6.07) is 3.44. The molecule has 2 heterocycles. The van der Waals surface area contributed by atoms with Gasteiger partial charge in [0.15, 0.2) is 11.5 Å². The summed E-state index contributed by atoms with van der Waals surface area (Å²) in [7, 11) is 0. The fourth-order valence-electron chi connectivity index (χ4n) is 3.93. The molecule has 0 radical (unpaired) electrons. The number of carbonyl (C=O) groups is 1. The van der Waals surface area contributed by atoms with Gasteiger partial charge in [0.25, 0.3) is 5.91 Å². The number of aromatic nitrogens is 3. The van der Waals surface area contributed by atoms with Crippen molar-refractivity contribution < 1.29 is 9.90 Å². The number of aromatic hydroxyl groups is 1. The first-order valence-electron chi connectivity index (χ1n) is 9.35. The van der Waals surface area contributed by atoms with E-state index in [2.05, 4.69) is 11.1 Å². The third-order valence-electron chi connectivity index (χ3n) is 5.40. The van der Waals surface area contributed by atoms with E-state index >= 15 is 0 Å². The first kappa shape index (κ1) is 18.0. The maximum Gasteiger partial charge on any atom is 0.253 e. The molecule has 0 spiro atoms. The molecule has 2 aromatic heterocycles. The number of primary amides is 1. The van der Waals surface area contributed by atoms with Crippen molar-refractivity contribution in [3.8, 4) is 11.4 Å². The molecule has 1 amide bonds. The fraction of sp³-hybridized carbons (Fsp3) is 0.286. The topological polar surface area (TPSA) is 120 Å². The molecule has 0 unspecified atom stereocenters. The van der Waals surface area contributed by atoms with Gasteiger partial charge in [0.2, 0.25) is 0 Å². The van der Waals surface area contributed by atoms with Crippen LogP contribution in [0.25, 0.3) is 22.3 Å². The highest BCUT2D eigenvalue weighted by atomic mass is 16.3. The zero-order valence-corrected chi connectivity index (χ0v) is 16.0. The van der Waals surface area contributed by atoms with Gasteiger partial charge in [-0.2, -0.15) is 0 Å². The quantitative estimate of drug-likeness (QED) is 0.646. The van der Waals surface area contributed by atoms with Crippen molar-refractivity contribution in [2.75, 3.05) is 5.73 Å². The van der Waals surface area contributed by atoms with E-state index in [0.717, 1.165) is 30.4 Å². The summed E-state index contributed by atoms with van der Waals surface area (Å²) in [5, 5.41) is 10.7. The smallest absolute Gasteiger partial charge is 0.253 e. The lowest BCUT2D eigenvalue weighted by Gasteiger charge is -2.16. The summed E-state index contributed by atoms with van der Waals surface area (Å²) in [5.41, 5.74) is 16.0. The summed E-state index contributed by atoms with van der Waals surface area (Å²) in [6.45, 7) is 3.72. The minimum atomic E-state index is -0.634. The van der Waals surface area contributed by atoms with E-state index in [1.54, 1.807) is 29.8 Å². The molecule has 144 valence electrons. The van der Waals surface area contributed by atoms with Crippen molar-refractivity contribution in [1.82, 2.24) is 14.5 Å². The second-order valence-electron chi connectivity index (χ2n) is 7.24. The van der Waals surface area contributed by atoms with E-state index in [0.29, 0.717) is 28.1 Å². The van der Waals surface area contributed by atoms with Crippen molar-refractivity contribution in [2.45, 2.75) is 39.5 Å². The van der Waals surface area contributed by atoms with Crippen molar-refractivity contribution in [2.24, 2.45) is 5.73 Å². The lowest BCUT2D eigenvalue weighted by molar-refractivity contribution is 0.100. The summed E-state index contributed by atoms with van der Waals surface area (Å²) in [4.78, 5) is 21.4. The molecule has 28 heavy (non-hydrogen) atoms. The van der Waals surface area contributed by atoms with Gasteiger partial charge in [-0.15, -0.1) is 0 Å². The summed E-state index contributed by atoms with van der Waals surface area (Å²) < 4.78 is 1.70. The minimum Gasteiger partial charge on any atom is -0.508 e. The Bertz CT molecular complexity index is 1140. The third kappa shape index (κ3) is 2.70. The van der Waals surface area contributed by atoms with Crippen LogP contribution in [0.4, 0.5) is 5.82 Å². The van der Waals surface area contributed by atoms with Gasteiger partial charge >= 0.3 is 0 Å². The number of fused-ring (bicyclic) bond motifs is 1. The van der Waals surface area contributed by atoms with Gasteiger partial charge in [-0.05, 0) is 56.7 Å². The van der Waals surface area contributed by atoms with E-state index in [-0.39, 0.29) is 17.1 Å². The maximum atomic E-state index is 12.1. The van der Waals surface area contributed by atoms with Gasteiger partial charge in [-0.3, -0.25) is 9.36 Å². The highest BCUT2D eigenvalue weighted by Gasteiger charge is 2.25. The first-order valence-corrected chi connectivity index (χ1v) is 9.35. The molecule has 1 aliphatic carbocycles. The number of hydrogen-bond acceptors (Lipinski definition) is 5. The SMILES string of the molecule is Cc1ccc(O)c(C)c1-n1c(N)c(C(N)=O)c2cnc(C3=CCCCC3)nc21. The van der Waals surface area contributed by atoms with Crippen LogP contribution in [0, 0.1) is 13.8 Å². The van der Waals surface area contributed by atoms with E-state index in [1.165, 1.54) is 6.42 Å². The van der Waals surface area contributed by atoms with Crippen molar-refractivity contribution >= 4 is 28.3 Å². The average molecular weight is 377 g/mol. The van der Waals surface area contributed by atoms with Gasteiger partial charge in [0, 0.05) is 11.8 Å².